The van der Waals surface area contributed by atoms with Crippen LogP contribution in [-0.2, 0) is 11.3 Å². The fraction of sp³-hybridized carbons (Fsp3) is 0.421. The molecule has 1 saturated heterocycles. The normalized spacial score (nSPS) is 14.2. The highest BCUT2D eigenvalue weighted by Gasteiger charge is 2.13. The van der Waals surface area contributed by atoms with Gasteiger partial charge in [-0.1, -0.05) is 17.7 Å². The standard InChI is InChI=1S/C19H24N4O2/c1-15-5-7-16(8-6-15)25-14-19(24)21-13-17-20-10-9-18(22-17)23-11-3-2-4-12-23/h5-10H,2-4,11-14H2,1H3,(H,21,24). The number of hydrogen-bond donors (Lipinski definition) is 1. The van der Waals surface area contributed by atoms with E-state index in [0.29, 0.717) is 18.1 Å². The molecule has 1 amide bonds. The lowest BCUT2D eigenvalue weighted by Crippen LogP contribution is -2.31. The van der Waals surface area contributed by atoms with Crippen LogP contribution in [0.5, 0.6) is 5.75 Å². The Morgan fingerprint density at radius 1 is 1.16 bits per heavy atom. The Morgan fingerprint density at radius 3 is 2.68 bits per heavy atom. The second-order valence-electron chi connectivity index (χ2n) is 6.26. The molecule has 1 aromatic carbocycles. The molecule has 0 atom stereocenters. The van der Waals surface area contributed by atoms with Crippen molar-refractivity contribution in [1.82, 2.24) is 15.3 Å². The van der Waals surface area contributed by atoms with Gasteiger partial charge < -0.3 is 15.0 Å². The van der Waals surface area contributed by atoms with Crippen molar-refractivity contribution in [3.63, 3.8) is 0 Å². The first-order valence-corrected chi connectivity index (χ1v) is 8.74. The molecule has 0 radical (unpaired) electrons. The van der Waals surface area contributed by atoms with Crippen LogP contribution in [0, 0.1) is 6.92 Å². The maximum atomic E-state index is 11.9. The van der Waals surface area contributed by atoms with E-state index < -0.39 is 0 Å². The van der Waals surface area contributed by atoms with Crippen molar-refractivity contribution >= 4 is 11.7 Å². The molecule has 6 nitrogen and oxygen atoms in total. The van der Waals surface area contributed by atoms with Crippen LogP contribution < -0.4 is 15.0 Å². The van der Waals surface area contributed by atoms with Crippen molar-refractivity contribution in [1.29, 1.82) is 0 Å². The van der Waals surface area contributed by atoms with Crippen LogP contribution in [0.25, 0.3) is 0 Å². The molecular formula is C19H24N4O2. The number of hydrogen-bond acceptors (Lipinski definition) is 5. The number of ether oxygens (including phenoxy) is 1. The van der Waals surface area contributed by atoms with Crippen molar-refractivity contribution in [2.45, 2.75) is 32.7 Å². The number of benzene rings is 1. The zero-order valence-electron chi connectivity index (χ0n) is 14.6. The largest absolute Gasteiger partial charge is 0.484 e. The number of aromatic nitrogens is 2. The summed E-state index contributed by atoms with van der Waals surface area (Å²) >= 11 is 0. The number of rotatable bonds is 6. The average molecular weight is 340 g/mol. The first-order valence-electron chi connectivity index (χ1n) is 8.74. The first-order chi connectivity index (χ1) is 12.2. The number of nitrogens with one attached hydrogen (secondary N) is 1. The average Bonchev–Trinajstić information content (AvgIpc) is 2.67. The second-order valence-corrected chi connectivity index (χ2v) is 6.26. The molecule has 1 aliphatic heterocycles. The molecule has 0 unspecified atom stereocenters. The molecule has 1 fully saturated rings. The van der Waals surface area contributed by atoms with E-state index >= 15 is 0 Å². The smallest absolute Gasteiger partial charge is 0.258 e. The highest BCUT2D eigenvalue weighted by atomic mass is 16.5. The molecule has 132 valence electrons. The third-order valence-electron chi connectivity index (χ3n) is 4.21. The maximum absolute atomic E-state index is 11.9. The van der Waals surface area contributed by atoms with Gasteiger partial charge in [-0.2, -0.15) is 0 Å². The van der Waals surface area contributed by atoms with E-state index in [-0.39, 0.29) is 12.5 Å². The Bertz CT molecular complexity index is 697. The number of amides is 1. The molecule has 0 bridgehead atoms. The van der Waals surface area contributed by atoms with Crippen LogP contribution in [0.4, 0.5) is 5.82 Å². The topological polar surface area (TPSA) is 67.3 Å². The molecule has 6 heteroatoms. The van der Waals surface area contributed by atoms with Crippen molar-refractivity contribution in [3.05, 3.63) is 47.9 Å². The molecule has 2 heterocycles. The Hall–Kier alpha value is -2.63. The lowest BCUT2D eigenvalue weighted by atomic mass is 10.1. The summed E-state index contributed by atoms with van der Waals surface area (Å²) in [6, 6.07) is 9.54. The van der Waals surface area contributed by atoms with Crippen LogP contribution in [0.1, 0.15) is 30.7 Å². The Kier molecular flexibility index (Phi) is 5.82. The summed E-state index contributed by atoms with van der Waals surface area (Å²) < 4.78 is 5.47. The minimum Gasteiger partial charge on any atom is -0.484 e. The highest BCUT2D eigenvalue weighted by Crippen LogP contribution is 2.16. The van der Waals surface area contributed by atoms with E-state index in [1.165, 1.54) is 19.3 Å². The minimum absolute atomic E-state index is 0.0190. The van der Waals surface area contributed by atoms with Gasteiger partial charge in [0.05, 0.1) is 6.54 Å². The summed E-state index contributed by atoms with van der Waals surface area (Å²) in [4.78, 5) is 23.0. The molecule has 0 saturated carbocycles. The summed E-state index contributed by atoms with van der Waals surface area (Å²) in [5.74, 6) is 2.05. The number of carbonyl (C=O) groups is 1. The molecule has 0 aliphatic carbocycles. The predicted molar refractivity (Wildman–Crippen MR) is 96.6 cm³/mol. The molecular weight excluding hydrogens is 316 g/mol. The van der Waals surface area contributed by atoms with E-state index in [2.05, 4.69) is 20.2 Å². The van der Waals surface area contributed by atoms with Crippen LogP contribution in [0.3, 0.4) is 0 Å². The van der Waals surface area contributed by atoms with Gasteiger partial charge >= 0.3 is 0 Å². The summed E-state index contributed by atoms with van der Waals surface area (Å²) in [7, 11) is 0. The summed E-state index contributed by atoms with van der Waals surface area (Å²) in [6.45, 7) is 4.36. The van der Waals surface area contributed by atoms with Gasteiger partial charge in [0.1, 0.15) is 17.4 Å². The molecule has 0 spiro atoms. The Morgan fingerprint density at radius 2 is 1.92 bits per heavy atom. The fourth-order valence-electron chi connectivity index (χ4n) is 2.78. The van der Waals surface area contributed by atoms with Gasteiger partial charge in [-0.25, -0.2) is 9.97 Å². The Balaban J connectivity index is 1.47. The zero-order valence-corrected chi connectivity index (χ0v) is 14.6. The Labute approximate surface area is 148 Å². The van der Waals surface area contributed by atoms with Gasteiger partial charge in [0, 0.05) is 19.3 Å². The fourth-order valence-corrected chi connectivity index (χ4v) is 2.78. The molecule has 2 aromatic rings. The molecule has 1 aromatic heterocycles. The van der Waals surface area contributed by atoms with Crippen molar-refractivity contribution in [2.75, 3.05) is 24.6 Å². The van der Waals surface area contributed by atoms with Crippen LogP contribution in [0.2, 0.25) is 0 Å². The van der Waals surface area contributed by atoms with E-state index in [1.54, 1.807) is 6.20 Å². The van der Waals surface area contributed by atoms with E-state index in [9.17, 15) is 4.79 Å². The number of carbonyl (C=O) groups excluding carboxylic acids is 1. The lowest BCUT2D eigenvalue weighted by molar-refractivity contribution is -0.123. The van der Waals surface area contributed by atoms with Gasteiger partial charge in [0.15, 0.2) is 6.61 Å². The van der Waals surface area contributed by atoms with E-state index in [4.69, 9.17) is 4.74 Å². The van der Waals surface area contributed by atoms with Crippen molar-refractivity contribution in [3.8, 4) is 5.75 Å². The van der Waals surface area contributed by atoms with E-state index in [1.807, 2.05) is 37.3 Å². The lowest BCUT2D eigenvalue weighted by Gasteiger charge is -2.27. The number of piperidine rings is 1. The van der Waals surface area contributed by atoms with Gasteiger partial charge in [0.25, 0.3) is 5.91 Å². The monoisotopic (exact) mass is 340 g/mol. The predicted octanol–water partition coefficient (Wildman–Crippen LogP) is 2.47. The molecule has 1 N–H and O–H groups in total. The highest BCUT2D eigenvalue weighted by molar-refractivity contribution is 5.77. The SMILES string of the molecule is Cc1ccc(OCC(=O)NCc2nccc(N3CCCCC3)n2)cc1. The number of nitrogens with zero attached hydrogens (tertiary/aromatic N) is 3. The van der Waals surface area contributed by atoms with Crippen LogP contribution in [-0.4, -0.2) is 35.6 Å². The van der Waals surface area contributed by atoms with Crippen LogP contribution >= 0.6 is 0 Å². The third-order valence-corrected chi connectivity index (χ3v) is 4.21. The van der Waals surface area contributed by atoms with Gasteiger partial charge in [-0.15, -0.1) is 0 Å². The number of anilines is 1. The second kappa shape index (κ2) is 8.46. The molecule has 1 aliphatic rings. The van der Waals surface area contributed by atoms with Crippen molar-refractivity contribution < 1.29 is 9.53 Å². The van der Waals surface area contributed by atoms with Gasteiger partial charge in [0.2, 0.25) is 0 Å². The summed E-state index contributed by atoms with van der Waals surface area (Å²) in [5, 5.41) is 2.80. The molecule has 25 heavy (non-hydrogen) atoms. The van der Waals surface area contributed by atoms with Crippen LogP contribution in [0.15, 0.2) is 36.5 Å². The van der Waals surface area contributed by atoms with Gasteiger partial charge in [-0.3, -0.25) is 4.79 Å². The minimum atomic E-state index is -0.187. The van der Waals surface area contributed by atoms with E-state index in [0.717, 1.165) is 24.5 Å². The maximum Gasteiger partial charge on any atom is 0.258 e. The zero-order chi connectivity index (χ0) is 17.5. The van der Waals surface area contributed by atoms with Gasteiger partial charge in [-0.05, 0) is 44.4 Å². The summed E-state index contributed by atoms with van der Waals surface area (Å²) in [5.41, 5.74) is 1.16. The quantitative estimate of drug-likeness (QED) is 0.875. The number of aryl methyl sites for hydroxylation is 1. The third kappa shape index (κ3) is 5.17. The summed E-state index contributed by atoms with van der Waals surface area (Å²) in [6.07, 6.45) is 5.44. The molecule has 3 rings (SSSR count). The van der Waals surface area contributed by atoms with Crippen molar-refractivity contribution in [2.24, 2.45) is 0 Å². The first kappa shape index (κ1) is 17.2.